The van der Waals surface area contributed by atoms with Gasteiger partial charge in [-0.2, -0.15) is 0 Å². The Morgan fingerprint density at radius 2 is 1.95 bits per heavy atom. The molecule has 1 N–H and O–H groups in total. The van der Waals surface area contributed by atoms with Gasteiger partial charge in [0.2, 0.25) is 0 Å². The average Bonchev–Trinajstić information content (AvgIpc) is 2.41. The molecule has 0 bridgehead atoms. The van der Waals surface area contributed by atoms with Gasteiger partial charge in [0.25, 0.3) is 5.91 Å². The van der Waals surface area contributed by atoms with E-state index in [4.69, 9.17) is 5.11 Å². The Kier molecular flexibility index (Phi) is 4.44. The Labute approximate surface area is 125 Å². The van der Waals surface area contributed by atoms with Gasteiger partial charge in [0.05, 0.1) is 5.92 Å². The lowest BCUT2D eigenvalue weighted by molar-refractivity contribution is -0.143. The summed E-state index contributed by atoms with van der Waals surface area (Å²) in [5.74, 6) is -1.05. The predicted octanol–water partition coefficient (Wildman–Crippen LogP) is 2.54. The molecule has 0 saturated carbocycles. The first-order valence-corrected chi connectivity index (χ1v) is 7.35. The van der Waals surface area contributed by atoms with Crippen LogP contribution in [0.4, 0.5) is 0 Å². The minimum absolute atomic E-state index is 0.00162. The summed E-state index contributed by atoms with van der Waals surface area (Å²) in [6, 6.07) is 5.67. The van der Waals surface area contributed by atoms with E-state index in [1.54, 1.807) is 4.90 Å². The molecule has 102 valence electrons. The summed E-state index contributed by atoms with van der Waals surface area (Å²) in [6.07, 6.45) is 1.09. The Morgan fingerprint density at radius 1 is 1.32 bits per heavy atom. The normalized spacial score (nSPS) is 16.4. The number of benzene rings is 1. The molecule has 0 aromatic heterocycles. The Balaban J connectivity index is 2.05. The number of piperidine rings is 1. The highest BCUT2D eigenvalue weighted by atomic mass is 127. The van der Waals surface area contributed by atoms with E-state index < -0.39 is 5.97 Å². The number of amides is 1. The van der Waals surface area contributed by atoms with Crippen molar-refractivity contribution < 1.29 is 14.7 Å². The van der Waals surface area contributed by atoms with Crippen LogP contribution in [0.5, 0.6) is 0 Å². The van der Waals surface area contributed by atoms with Gasteiger partial charge in [0.15, 0.2) is 0 Å². The van der Waals surface area contributed by atoms with Crippen LogP contribution in [-0.2, 0) is 4.79 Å². The molecular formula is C14H16INO3. The first kappa shape index (κ1) is 14.3. The van der Waals surface area contributed by atoms with Gasteiger partial charge in [-0.05, 0) is 60.1 Å². The average molecular weight is 373 g/mol. The zero-order valence-electron chi connectivity index (χ0n) is 10.7. The molecule has 5 heteroatoms. The number of likely N-dealkylation sites (tertiary alicyclic amines) is 1. The van der Waals surface area contributed by atoms with E-state index in [-0.39, 0.29) is 11.8 Å². The maximum Gasteiger partial charge on any atom is 0.306 e. The Hall–Kier alpha value is -1.11. The smallest absolute Gasteiger partial charge is 0.306 e. The Bertz CT molecular complexity index is 507. The second kappa shape index (κ2) is 5.90. The number of hydrogen-bond acceptors (Lipinski definition) is 2. The first-order chi connectivity index (χ1) is 8.99. The number of aliphatic carboxylic acids is 1. The molecule has 0 spiro atoms. The third-order valence-corrected chi connectivity index (χ3v) is 4.71. The molecule has 1 amide bonds. The molecule has 2 rings (SSSR count). The van der Waals surface area contributed by atoms with Gasteiger partial charge in [0, 0.05) is 22.2 Å². The molecule has 1 aromatic carbocycles. The summed E-state index contributed by atoms with van der Waals surface area (Å²) in [5.41, 5.74) is 1.84. The molecule has 0 radical (unpaired) electrons. The second-order valence-electron chi connectivity index (χ2n) is 4.87. The molecule has 1 fully saturated rings. The van der Waals surface area contributed by atoms with Crippen LogP contribution in [-0.4, -0.2) is 35.0 Å². The van der Waals surface area contributed by atoms with Crippen molar-refractivity contribution in [1.82, 2.24) is 4.90 Å². The number of halogens is 1. The molecule has 4 nitrogen and oxygen atoms in total. The summed E-state index contributed by atoms with van der Waals surface area (Å²) in [4.78, 5) is 24.9. The van der Waals surface area contributed by atoms with Gasteiger partial charge in [0.1, 0.15) is 0 Å². The van der Waals surface area contributed by atoms with Gasteiger partial charge >= 0.3 is 5.97 Å². The topological polar surface area (TPSA) is 57.6 Å². The lowest BCUT2D eigenvalue weighted by Crippen LogP contribution is -2.40. The Morgan fingerprint density at radius 3 is 2.47 bits per heavy atom. The zero-order valence-corrected chi connectivity index (χ0v) is 12.9. The predicted molar refractivity (Wildman–Crippen MR) is 80.2 cm³/mol. The second-order valence-corrected chi connectivity index (χ2v) is 6.03. The van der Waals surface area contributed by atoms with E-state index >= 15 is 0 Å². The maximum atomic E-state index is 12.3. The van der Waals surface area contributed by atoms with Crippen molar-refractivity contribution >= 4 is 34.5 Å². The minimum atomic E-state index is -0.753. The van der Waals surface area contributed by atoms with Crippen LogP contribution in [0.1, 0.15) is 28.8 Å². The number of nitrogens with zero attached hydrogens (tertiary/aromatic N) is 1. The van der Waals surface area contributed by atoms with E-state index in [2.05, 4.69) is 22.6 Å². The first-order valence-electron chi connectivity index (χ1n) is 6.27. The monoisotopic (exact) mass is 373 g/mol. The zero-order chi connectivity index (χ0) is 14.0. The summed E-state index contributed by atoms with van der Waals surface area (Å²) in [5, 5.41) is 8.94. The molecule has 1 aliphatic heterocycles. The summed E-state index contributed by atoms with van der Waals surface area (Å²) in [6.45, 7) is 3.06. The number of carbonyl (C=O) groups is 2. The van der Waals surface area contributed by atoms with Gasteiger partial charge in [-0.25, -0.2) is 0 Å². The van der Waals surface area contributed by atoms with Crippen LogP contribution in [0.25, 0.3) is 0 Å². The molecule has 19 heavy (non-hydrogen) atoms. The van der Waals surface area contributed by atoms with E-state index in [0.717, 1.165) is 9.13 Å². The lowest BCUT2D eigenvalue weighted by Gasteiger charge is -2.30. The third kappa shape index (κ3) is 3.26. The van der Waals surface area contributed by atoms with Crippen molar-refractivity contribution in [2.45, 2.75) is 19.8 Å². The summed E-state index contributed by atoms with van der Waals surface area (Å²) < 4.78 is 1.07. The lowest BCUT2D eigenvalue weighted by atomic mass is 9.96. The molecule has 1 aromatic rings. The van der Waals surface area contributed by atoms with Crippen LogP contribution in [0.2, 0.25) is 0 Å². The van der Waals surface area contributed by atoms with E-state index in [9.17, 15) is 9.59 Å². The van der Waals surface area contributed by atoms with Gasteiger partial charge in [-0.1, -0.05) is 6.07 Å². The fourth-order valence-electron chi connectivity index (χ4n) is 2.24. The van der Waals surface area contributed by atoms with E-state index in [1.807, 2.05) is 25.1 Å². The van der Waals surface area contributed by atoms with Crippen molar-refractivity contribution in [2.75, 3.05) is 13.1 Å². The van der Waals surface area contributed by atoms with Crippen molar-refractivity contribution in [1.29, 1.82) is 0 Å². The summed E-state index contributed by atoms with van der Waals surface area (Å²) >= 11 is 2.22. The van der Waals surface area contributed by atoms with Crippen LogP contribution in [0.15, 0.2) is 18.2 Å². The van der Waals surface area contributed by atoms with Gasteiger partial charge in [-0.3, -0.25) is 9.59 Å². The van der Waals surface area contributed by atoms with Crippen molar-refractivity contribution in [3.8, 4) is 0 Å². The largest absolute Gasteiger partial charge is 0.481 e. The van der Waals surface area contributed by atoms with Crippen molar-refractivity contribution in [3.63, 3.8) is 0 Å². The van der Waals surface area contributed by atoms with E-state index in [1.165, 1.54) is 0 Å². The molecule has 0 aliphatic carbocycles. The quantitative estimate of drug-likeness (QED) is 0.811. The summed E-state index contributed by atoms with van der Waals surface area (Å²) in [7, 11) is 0. The SMILES string of the molecule is Cc1ccc(C(=O)N2CCC(C(=O)O)CC2)cc1I. The molecule has 1 heterocycles. The molecular weight excluding hydrogens is 357 g/mol. The fraction of sp³-hybridized carbons (Fsp3) is 0.429. The molecule has 0 atom stereocenters. The van der Waals surface area contributed by atoms with Gasteiger partial charge in [-0.15, -0.1) is 0 Å². The number of hydrogen-bond donors (Lipinski definition) is 1. The molecule has 0 unspecified atom stereocenters. The third-order valence-electron chi connectivity index (χ3n) is 3.55. The van der Waals surface area contributed by atoms with Crippen LogP contribution < -0.4 is 0 Å². The number of carbonyl (C=O) groups excluding carboxylic acids is 1. The molecule has 1 aliphatic rings. The number of aryl methyl sites for hydroxylation is 1. The fourth-order valence-corrected chi connectivity index (χ4v) is 2.75. The van der Waals surface area contributed by atoms with Crippen molar-refractivity contribution in [2.24, 2.45) is 5.92 Å². The number of rotatable bonds is 2. The highest BCUT2D eigenvalue weighted by Gasteiger charge is 2.27. The minimum Gasteiger partial charge on any atom is -0.481 e. The highest BCUT2D eigenvalue weighted by Crippen LogP contribution is 2.20. The van der Waals surface area contributed by atoms with E-state index in [0.29, 0.717) is 31.5 Å². The highest BCUT2D eigenvalue weighted by molar-refractivity contribution is 14.1. The van der Waals surface area contributed by atoms with Gasteiger partial charge < -0.3 is 10.0 Å². The number of carboxylic acid groups (broad SMARTS) is 1. The van der Waals surface area contributed by atoms with Crippen LogP contribution in [0, 0.1) is 16.4 Å². The standard InChI is InChI=1S/C14H16INO3/c1-9-2-3-11(8-12(9)15)13(17)16-6-4-10(5-7-16)14(18)19/h2-3,8,10H,4-7H2,1H3,(H,18,19). The van der Waals surface area contributed by atoms with Crippen molar-refractivity contribution in [3.05, 3.63) is 32.9 Å². The molecule has 1 saturated heterocycles. The van der Waals surface area contributed by atoms with Crippen LogP contribution >= 0.6 is 22.6 Å². The number of carboxylic acids is 1. The van der Waals surface area contributed by atoms with Crippen LogP contribution in [0.3, 0.4) is 0 Å². The maximum absolute atomic E-state index is 12.3.